The molecule has 7 heteroatoms. The number of likely N-dealkylation sites (tertiary alicyclic amines) is 1. The van der Waals surface area contributed by atoms with E-state index in [1.165, 1.54) is 0 Å². The van der Waals surface area contributed by atoms with Crippen LogP contribution >= 0.6 is 0 Å². The van der Waals surface area contributed by atoms with E-state index in [4.69, 9.17) is 9.47 Å². The molecule has 0 unspecified atom stereocenters. The minimum Gasteiger partial charge on any atom is -0.477 e. The number of rotatable bonds is 4. The van der Waals surface area contributed by atoms with Crippen LogP contribution in [-0.4, -0.2) is 58.1 Å². The first-order chi connectivity index (χ1) is 14.2. The predicted octanol–water partition coefficient (Wildman–Crippen LogP) is 2.39. The summed E-state index contributed by atoms with van der Waals surface area (Å²) in [6, 6.07) is 13.0. The summed E-state index contributed by atoms with van der Waals surface area (Å²) in [6.45, 7) is 3.27. The number of hydrogen-bond acceptors (Lipinski definition) is 5. The fourth-order valence-corrected chi connectivity index (χ4v) is 4.97. The van der Waals surface area contributed by atoms with E-state index in [2.05, 4.69) is 4.98 Å². The third kappa shape index (κ3) is 2.64. The molecule has 1 spiro atoms. The van der Waals surface area contributed by atoms with Crippen LogP contribution in [0.5, 0.6) is 5.88 Å². The Morgan fingerprint density at radius 2 is 2.10 bits per heavy atom. The molecule has 4 heterocycles. The van der Waals surface area contributed by atoms with Gasteiger partial charge in [0.15, 0.2) is 5.72 Å². The Balaban J connectivity index is 1.45. The Labute approximate surface area is 169 Å². The van der Waals surface area contributed by atoms with Crippen molar-refractivity contribution in [3.05, 3.63) is 59.8 Å². The fraction of sp³-hybridized carbons (Fsp3) is 0.409. The van der Waals surface area contributed by atoms with Gasteiger partial charge in [0.2, 0.25) is 11.8 Å². The van der Waals surface area contributed by atoms with Gasteiger partial charge < -0.3 is 19.3 Å². The van der Waals surface area contributed by atoms with Crippen molar-refractivity contribution >= 4 is 11.8 Å². The molecular formula is C22H23N3O4. The number of benzene rings is 1. The molecule has 7 nitrogen and oxygen atoms in total. The predicted molar refractivity (Wildman–Crippen MR) is 104 cm³/mol. The standard InChI is InChI=1S/C22H23N3O4/c1-2-28-20-16(9-6-11-23-20)21(27)24-12-10-22-18(24)13-19(26)25(22)17(14-29-22)15-7-4-3-5-8-15/h3-9,11,17-18H,2,10,12-14H2,1H3/t17-,18+,22-/m0/s1. The topological polar surface area (TPSA) is 72.0 Å². The Morgan fingerprint density at radius 3 is 2.90 bits per heavy atom. The highest BCUT2D eigenvalue weighted by molar-refractivity contribution is 5.97. The van der Waals surface area contributed by atoms with Gasteiger partial charge in [0.1, 0.15) is 5.56 Å². The smallest absolute Gasteiger partial charge is 0.259 e. The van der Waals surface area contributed by atoms with Crippen LogP contribution < -0.4 is 4.74 Å². The van der Waals surface area contributed by atoms with Crippen molar-refractivity contribution in [2.45, 2.75) is 37.6 Å². The van der Waals surface area contributed by atoms with Gasteiger partial charge in [-0.15, -0.1) is 0 Å². The van der Waals surface area contributed by atoms with Crippen LogP contribution in [0.15, 0.2) is 48.7 Å². The number of carbonyl (C=O) groups excluding carboxylic acids is 2. The molecule has 0 radical (unpaired) electrons. The molecule has 3 aliphatic rings. The molecule has 3 aliphatic heterocycles. The average Bonchev–Trinajstić information content (AvgIpc) is 3.38. The zero-order valence-electron chi connectivity index (χ0n) is 16.3. The van der Waals surface area contributed by atoms with E-state index >= 15 is 0 Å². The average molecular weight is 393 g/mol. The van der Waals surface area contributed by atoms with Crippen LogP contribution in [0, 0.1) is 0 Å². The number of nitrogens with zero attached hydrogens (tertiary/aromatic N) is 3. The van der Waals surface area contributed by atoms with Crippen molar-refractivity contribution in [1.29, 1.82) is 0 Å². The van der Waals surface area contributed by atoms with Crippen molar-refractivity contribution < 1.29 is 19.1 Å². The lowest BCUT2D eigenvalue weighted by atomic mass is 10.0. The van der Waals surface area contributed by atoms with E-state index in [9.17, 15) is 9.59 Å². The summed E-state index contributed by atoms with van der Waals surface area (Å²) in [5.41, 5.74) is 0.755. The maximum Gasteiger partial charge on any atom is 0.259 e. The van der Waals surface area contributed by atoms with Gasteiger partial charge >= 0.3 is 0 Å². The second-order valence-electron chi connectivity index (χ2n) is 7.60. The summed E-state index contributed by atoms with van der Waals surface area (Å²) in [7, 11) is 0. The number of aromatic nitrogens is 1. The Morgan fingerprint density at radius 1 is 1.28 bits per heavy atom. The van der Waals surface area contributed by atoms with Gasteiger partial charge in [0, 0.05) is 19.2 Å². The maximum absolute atomic E-state index is 13.3. The normalized spacial score (nSPS) is 27.8. The fourth-order valence-electron chi connectivity index (χ4n) is 4.97. The van der Waals surface area contributed by atoms with Crippen LogP contribution in [0.4, 0.5) is 0 Å². The molecule has 0 bridgehead atoms. The quantitative estimate of drug-likeness (QED) is 0.798. The second-order valence-corrected chi connectivity index (χ2v) is 7.60. The highest BCUT2D eigenvalue weighted by Gasteiger charge is 2.65. The van der Waals surface area contributed by atoms with Crippen LogP contribution in [-0.2, 0) is 9.53 Å². The van der Waals surface area contributed by atoms with E-state index in [0.29, 0.717) is 37.6 Å². The van der Waals surface area contributed by atoms with Gasteiger partial charge in [0.05, 0.1) is 31.7 Å². The molecule has 2 amide bonds. The van der Waals surface area contributed by atoms with Crippen molar-refractivity contribution in [1.82, 2.24) is 14.8 Å². The minimum atomic E-state index is -0.735. The summed E-state index contributed by atoms with van der Waals surface area (Å²) in [5, 5.41) is 0. The van der Waals surface area contributed by atoms with Crippen molar-refractivity contribution in [2.75, 3.05) is 19.8 Å². The van der Waals surface area contributed by atoms with Gasteiger partial charge in [-0.25, -0.2) is 4.98 Å². The summed E-state index contributed by atoms with van der Waals surface area (Å²) in [4.78, 5) is 34.2. The number of carbonyl (C=O) groups is 2. The van der Waals surface area contributed by atoms with E-state index in [1.807, 2.05) is 42.2 Å². The first-order valence-electron chi connectivity index (χ1n) is 10.1. The van der Waals surface area contributed by atoms with Gasteiger partial charge in [-0.2, -0.15) is 0 Å². The number of hydrogen-bond donors (Lipinski definition) is 0. The lowest BCUT2D eigenvalue weighted by Crippen LogP contribution is -2.49. The van der Waals surface area contributed by atoms with Gasteiger partial charge in [0.25, 0.3) is 5.91 Å². The van der Waals surface area contributed by atoms with E-state index < -0.39 is 5.72 Å². The van der Waals surface area contributed by atoms with Gasteiger partial charge in [-0.05, 0) is 24.6 Å². The first kappa shape index (κ1) is 18.1. The van der Waals surface area contributed by atoms with Crippen molar-refractivity contribution in [3.8, 4) is 5.88 Å². The third-order valence-corrected chi connectivity index (χ3v) is 6.18. The first-order valence-corrected chi connectivity index (χ1v) is 10.1. The molecule has 0 N–H and O–H groups in total. The van der Waals surface area contributed by atoms with Gasteiger partial charge in [-0.3, -0.25) is 9.59 Å². The van der Waals surface area contributed by atoms with E-state index in [-0.39, 0.29) is 30.3 Å². The lowest BCUT2D eigenvalue weighted by Gasteiger charge is -2.33. The molecule has 0 aliphatic carbocycles. The molecule has 1 aromatic heterocycles. The molecule has 0 saturated carbocycles. The molecule has 3 saturated heterocycles. The number of ether oxygens (including phenoxy) is 2. The molecule has 5 rings (SSSR count). The van der Waals surface area contributed by atoms with Gasteiger partial charge in [-0.1, -0.05) is 30.3 Å². The van der Waals surface area contributed by atoms with Crippen molar-refractivity contribution in [2.24, 2.45) is 0 Å². The lowest BCUT2D eigenvalue weighted by molar-refractivity contribution is -0.138. The van der Waals surface area contributed by atoms with Crippen LogP contribution in [0.2, 0.25) is 0 Å². The van der Waals surface area contributed by atoms with E-state index in [1.54, 1.807) is 23.2 Å². The molecule has 29 heavy (non-hydrogen) atoms. The second kappa shape index (κ2) is 6.84. The molecule has 1 aromatic carbocycles. The minimum absolute atomic E-state index is 0.0371. The molecule has 150 valence electrons. The number of amides is 2. The molecule has 3 atom stereocenters. The Bertz CT molecular complexity index is 950. The zero-order chi connectivity index (χ0) is 20.0. The summed E-state index contributed by atoms with van der Waals surface area (Å²) < 4.78 is 11.8. The third-order valence-electron chi connectivity index (χ3n) is 6.18. The van der Waals surface area contributed by atoms with Crippen LogP contribution in [0.25, 0.3) is 0 Å². The zero-order valence-corrected chi connectivity index (χ0v) is 16.3. The maximum atomic E-state index is 13.3. The van der Waals surface area contributed by atoms with Crippen molar-refractivity contribution in [3.63, 3.8) is 0 Å². The van der Waals surface area contributed by atoms with Crippen LogP contribution in [0.3, 0.4) is 0 Å². The molecule has 3 fully saturated rings. The Kier molecular flexibility index (Phi) is 4.28. The largest absolute Gasteiger partial charge is 0.477 e. The molecular weight excluding hydrogens is 370 g/mol. The summed E-state index contributed by atoms with van der Waals surface area (Å²) >= 11 is 0. The van der Waals surface area contributed by atoms with Crippen LogP contribution in [0.1, 0.15) is 41.7 Å². The number of pyridine rings is 1. The summed E-state index contributed by atoms with van der Waals surface area (Å²) in [5.74, 6) is 0.205. The monoisotopic (exact) mass is 393 g/mol. The Hall–Kier alpha value is -2.93. The highest BCUT2D eigenvalue weighted by Crippen LogP contribution is 2.51. The molecule has 2 aromatic rings. The SMILES string of the molecule is CCOc1ncccc1C(=O)N1CC[C@@]23OC[C@@H](c4ccccc4)N2C(=O)C[C@@H]13. The summed E-state index contributed by atoms with van der Waals surface area (Å²) in [6.07, 6.45) is 2.50. The van der Waals surface area contributed by atoms with E-state index in [0.717, 1.165) is 5.56 Å². The highest BCUT2D eigenvalue weighted by atomic mass is 16.5.